The summed E-state index contributed by atoms with van der Waals surface area (Å²) in [4.78, 5) is 15.4. The Hall–Kier alpha value is -2.27. The van der Waals surface area contributed by atoms with Crippen LogP contribution in [0, 0.1) is 0 Å². The Balaban J connectivity index is 2.16. The van der Waals surface area contributed by atoms with Crippen molar-refractivity contribution >= 4 is 17.6 Å². The first-order valence-corrected chi connectivity index (χ1v) is 6.63. The molecular weight excluding hydrogens is 294 g/mol. The number of carboxylic acid groups (broad SMARTS) is 1. The van der Waals surface area contributed by atoms with Gasteiger partial charge in [0.2, 0.25) is 0 Å². The van der Waals surface area contributed by atoms with Gasteiger partial charge in [-0.15, -0.1) is 0 Å². The van der Waals surface area contributed by atoms with Crippen LogP contribution in [0.2, 0.25) is 5.02 Å². The number of benzene rings is 1. The van der Waals surface area contributed by atoms with Crippen molar-refractivity contribution in [3.8, 4) is 11.5 Å². The number of carbonyl (C=O) groups is 1. The third-order valence-electron chi connectivity index (χ3n) is 2.80. The van der Waals surface area contributed by atoms with E-state index < -0.39 is 5.97 Å². The summed E-state index contributed by atoms with van der Waals surface area (Å²) < 4.78 is 10.7. The molecule has 0 aliphatic carbocycles. The first kappa shape index (κ1) is 15.1. The minimum atomic E-state index is -1.12. The lowest BCUT2D eigenvalue weighted by Gasteiger charge is -2.13. The number of pyridine rings is 1. The lowest BCUT2D eigenvalue weighted by atomic mass is 10.2. The molecule has 21 heavy (non-hydrogen) atoms. The Kier molecular flexibility index (Phi) is 5.00. The van der Waals surface area contributed by atoms with E-state index in [1.807, 2.05) is 18.2 Å². The maximum atomic E-state index is 11.3. The molecule has 2 rings (SSSR count). The van der Waals surface area contributed by atoms with E-state index in [-0.39, 0.29) is 22.9 Å². The standard InChI is InChI=1S/C15H14ClNO4/c1-20-13-9-10(16)8-12(15(18)19)14(13)21-7-5-11-4-2-3-6-17-11/h2-4,6,8-9H,5,7H2,1H3,(H,18,19). The molecule has 1 aromatic heterocycles. The largest absolute Gasteiger partial charge is 0.493 e. The van der Waals surface area contributed by atoms with Crippen LogP contribution in [0.3, 0.4) is 0 Å². The van der Waals surface area contributed by atoms with Crippen LogP contribution in [0.1, 0.15) is 16.1 Å². The molecule has 0 saturated heterocycles. The average Bonchev–Trinajstić information content (AvgIpc) is 2.49. The number of nitrogens with zero attached hydrogens (tertiary/aromatic N) is 1. The van der Waals surface area contributed by atoms with Gasteiger partial charge in [-0.1, -0.05) is 17.7 Å². The molecule has 0 aliphatic heterocycles. The van der Waals surface area contributed by atoms with Crippen LogP contribution in [-0.2, 0) is 6.42 Å². The van der Waals surface area contributed by atoms with Gasteiger partial charge in [-0.2, -0.15) is 0 Å². The molecular formula is C15H14ClNO4. The highest BCUT2D eigenvalue weighted by atomic mass is 35.5. The molecule has 5 nitrogen and oxygen atoms in total. The molecule has 1 aromatic carbocycles. The van der Waals surface area contributed by atoms with Gasteiger partial charge in [-0.05, 0) is 18.2 Å². The molecule has 0 saturated carbocycles. The van der Waals surface area contributed by atoms with Gasteiger partial charge >= 0.3 is 5.97 Å². The summed E-state index contributed by atoms with van der Waals surface area (Å²) in [6, 6.07) is 8.44. The lowest BCUT2D eigenvalue weighted by Crippen LogP contribution is -2.08. The van der Waals surface area contributed by atoms with E-state index in [0.29, 0.717) is 12.2 Å². The van der Waals surface area contributed by atoms with Crippen molar-refractivity contribution in [2.45, 2.75) is 6.42 Å². The number of carboxylic acids is 1. The fourth-order valence-corrected chi connectivity index (χ4v) is 2.04. The molecule has 0 unspecified atom stereocenters. The van der Waals surface area contributed by atoms with Crippen molar-refractivity contribution in [2.75, 3.05) is 13.7 Å². The van der Waals surface area contributed by atoms with E-state index >= 15 is 0 Å². The minimum Gasteiger partial charge on any atom is -0.493 e. The first-order valence-electron chi connectivity index (χ1n) is 6.25. The number of hydrogen-bond acceptors (Lipinski definition) is 4. The quantitative estimate of drug-likeness (QED) is 0.888. The van der Waals surface area contributed by atoms with E-state index in [9.17, 15) is 9.90 Å². The number of aromatic nitrogens is 1. The van der Waals surface area contributed by atoms with Gasteiger partial charge in [-0.3, -0.25) is 4.98 Å². The van der Waals surface area contributed by atoms with Gasteiger partial charge in [0, 0.05) is 29.4 Å². The number of rotatable bonds is 6. The first-order chi connectivity index (χ1) is 10.1. The number of hydrogen-bond donors (Lipinski definition) is 1. The van der Waals surface area contributed by atoms with Crippen molar-refractivity contribution in [3.05, 3.63) is 52.8 Å². The highest BCUT2D eigenvalue weighted by Crippen LogP contribution is 2.34. The Morgan fingerprint density at radius 2 is 2.19 bits per heavy atom. The van der Waals surface area contributed by atoms with Crippen LogP contribution in [0.4, 0.5) is 0 Å². The van der Waals surface area contributed by atoms with Gasteiger partial charge in [0.1, 0.15) is 5.56 Å². The smallest absolute Gasteiger partial charge is 0.339 e. The zero-order valence-corrected chi connectivity index (χ0v) is 12.1. The number of methoxy groups -OCH3 is 1. The molecule has 2 aromatic rings. The van der Waals surface area contributed by atoms with Crippen molar-refractivity contribution in [2.24, 2.45) is 0 Å². The third kappa shape index (κ3) is 3.86. The van der Waals surface area contributed by atoms with E-state index in [1.165, 1.54) is 19.2 Å². The summed E-state index contributed by atoms with van der Waals surface area (Å²) in [6.07, 6.45) is 2.26. The second-order valence-electron chi connectivity index (χ2n) is 4.21. The third-order valence-corrected chi connectivity index (χ3v) is 3.02. The maximum absolute atomic E-state index is 11.3. The summed E-state index contributed by atoms with van der Waals surface area (Å²) in [6.45, 7) is 0.287. The molecule has 1 heterocycles. The van der Waals surface area contributed by atoms with Crippen molar-refractivity contribution in [1.29, 1.82) is 0 Å². The molecule has 0 aliphatic rings. The molecule has 0 fully saturated rings. The number of halogens is 1. The van der Waals surface area contributed by atoms with Gasteiger partial charge in [0.05, 0.1) is 13.7 Å². The van der Waals surface area contributed by atoms with Crippen LogP contribution < -0.4 is 9.47 Å². The van der Waals surface area contributed by atoms with Gasteiger partial charge in [0.15, 0.2) is 11.5 Å². The van der Waals surface area contributed by atoms with E-state index in [2.05, 4.69) is 4.98 Å². The topological polar surface area (TPSA) is 68.7 Å². The van der Waals surface area contributed by atoms with Gasteiger partial charge in [-0.25, -0.2) is 4.79 Å². The average molecular weight is 308 g/mol. The Morgan fingerprint density at radius 1 is 1.38 bits per heavy atom. The van der Waals surface area contributed by atoms with Crippen LogP contribution in [0.5, 0.6) is 11.5 Å². The summed E-state index contributed by atoms with van der Waals surface area (Å²) >= 11 is 5.87. The minimum absolute atomic E-state index is 0.0274. The molecule has 6 heteroatoms. The molecule has 0 radical (unpaired) electrons. The fourth-order valence-electron chi connectivity index (χ4n) is 1.83. The van der Waals surface area contributed by atoms with Crippen molar-refractivity contribution in [3.63, 3.8) is 0 Å². The Morgan fingerprint density at radius 3 is 2.81 bits per heavy atom. The van der Waals surface area contributed by atoms with Crippen LogP contribution in [-0.4, -0.2) is 29.8 Å². The zero-order chi connectivity index (χ0) is 15.2. The van der Waals surface area contributed by atoms with E-state index in [0.717, 1.165) is 5.69 Å². The SMILES string of the molecule is COc1cc(Cl)cc(C(=O)O)c1OCCc1ccccn1. The fraction of sp³-hybridized carbons (Fsp3) is 0.200. The Bertz CT molecular complexity index is 631. The molecule has 0 bridgehead atoms. The summed E-state index contributed by atoms with van der Waals surface area (Å²) in [7, 11) is 1.43. The van der Waals surface area contributed by atoms with Gasteiger partial charge < -0.3 is 14.6 Å². The second-order valence-corrected chi connectivity index (χ2v) is 4.65. The molecule has 0 amide bonds. The monoisotopic (exact) mass is 307 g/mol. The van der Waals surface area contributed by atoms with Crippen molar-refractivity contribution < 1.29 is 19.4 Å². The molecule has 0 atom stereocenters. The molecule has 0 spiro atoms. The van der Waals surface area contributed by atoms with Gasteiger partial charge in [0.25, 0.3) is 0 Å². The zero-order valence-electron chi connectivity index (χ0n) is 11.4. The molecule has 110 valence electrons. The lowest BCUT2D eigenvalue weighted by molar-refractivity contribution is 0.0691. The molecule has 1 N–H and O–H groups in total. The van der Waals surface area contributed by atoms with Crippen molar-refractivity contribution in [1.82, 2.24) is 4.98 Å². The predicted octanol–water partition coefficient (Wildman–Crippen LogP) is 3.06. The van der Waals surface area contributed by atoms with E-state index in [1.54, 1.807) is 6.20 Å². The number of aromatic carboxylic acids is 1. The number of ether oxygens (including phenoxy) is 2. The maximum Gasteiger partial charge on any atom is 0.339 e. The summed E-state index contributed by atoms with van der Waals surface area (Å²) in [5.74, 6) is -0.658. The van der Waals surface area contributed by atoms with E-state index in [4.69, 9.17) is 21.1 Å². The highest BCUT2D eigenvalue weighted by molar-refractivity contribution is 6.31. The normalized spacial score (nSPS) is 10.2. The Labute approximate surface area is 127 Å². The van der Waals surface area contributed by atoms with Crippen LogP contribution in [0.25, 0.3) is 0 Å². The summed E-state index contributed by atoms with van der Waals surface area (Å²) in [5.41, 5.74) is 0.836. The second kappa shape index (κ2) is 6.95. The van der Waals surface area contributed by atoms with Crippen LogP contribution >= 0.6 is 11.6 Å². The highest BCUT2D eigenvalue weighted by Gasteiger charge is 2.18. The summed E-state index contributed by atoms with van der Waals surface area (Å²) in [5, 5.41) is 9.50. The predicted molar refractivity (Wildman–Crippen MR) is 78.4 cm³/mol. The van der Waals surface area contributed by atoms with Crippen LogP contribution in [0.15, 0.2) is 36.5 Å².